The molecule has 0 aliphatic heterocycles. The van der Waals surface area contributed by atoms with Gasteiger partial charge >= 0.3 is 253 Å². The van der Waals surface area contributed by atoms with Gasteiger partial charge in [0.15, 0.2) is 0 Å². The van der Waals surface area contributed by atoms with Crippen molar-refractivity contribution in [2.24, 2.45) is 0 Å². The zero-order chi connectivity index (χ0) is 30.7. The number of unbranched alkanes of at least 4 members (excludes halogenated alkanes) is 3. The second-order valence-corrected chi connectivity index (χ2v) is 65.9. The molecule has 0 radical (unpaired) electrons. The van der Waals surface area contributed by atoms with Crippen molar-refractivity contribution < 1.29 is 15.1 Å². The number of allylic oxidation sites excluding steroid dienone is 4. The fourth-order valence-corrected chi connectivity index (χ4v) is 48.0. The summed E-state index contributed by atoms with van der Waals surface area (Å²) in [7, 11) is 0. The summed E-state index contributed by atoms with van der Waals surface area (Å²) in [5.41, 5.74) is 8.84. The predicted octanol–water partition coefficient (Wildman–Crippen LogP) is 11.9. The van der Waals surface area contributed by atoms with Crippen LogP contribution in [0.1, 0.15) is 100 Å². The summed E-state index contributed by atoms with van der Waals surface area (Å²) in [6.45, 7) is 16.4. The SMILES string of the molecule is [CH2]=[Hf]([CH3])([CH3])([CH2]CCCCC)([c]1ccccc1)([CH]1C=CC=C1)[CH]1c2cc(C(C)(C)C)ccc2-c2ccc(C(C)(C)C)cc21. The van der Waals surface area contributed by atoms with Crippen molar-refractivity contribution in [3.8, 4) is 11.1 Å². The van der Waals surface area contributed by atoms with Gasteiger partial charge in [-0.25, -0.2) is 0 Å². The molecule has 2 aliphatic carbocycles. The fraction of sp³-hybridized carbons (Fsp3) is 0.439. The molecule has 0 saturated carbocycles. The van der Waals surface area contributed by atoms with Crippen molar-refractivity contribution in [2.75, 3.05) is 0 Å². The Morgan fingerprint density at radius 2 is 1.17 bits per heavy atom. The molecule has 0 heterocycles. The molecule has 0 amide bonds. The molecule has 0 aromatic heterocycles. The molecular formula is C41H56Hf. The van der Waals surface area contributed by atoms with Gasteiger partial charge in [0.25, 0.3) is 0 Å². The molecule has 0 N–H and O–H groups in total. The summed E-state index contributed by atoms with van der Waals surface area (Å²) in [5.74, 6) is 0. The van der Waals surface area contributed by atoms with E-state index in [1.165, 1.54) is 62.4 Å². The maximum absolute atomic E-state index is 5.97. The summed E-state index contributed by atoms with van der Waals surface area (Å²) in [6, 6.07) is 26.5. The Morgan fingerprint density at radius 3 is 1.62 bits per heavy atom. The number of benzene rings is 3. The molecule has 0 nitrogen and oxygen atoms in total. The Balaban J connectivity index is 2.01. The summed E-state index contributed by atoms with van der Waals surface area (Å²) >= 11 is -5.68. The quantitative estimate of drug-likeness (QED) is 0.160. The van der Waals surface area contributed by atoms with E-state index < -0.39 is 15.1 Å². The molecule has 2 aliphatic rings. The molecule has 3 aromatic rings. The van der Waals surface area contributed by atoms with Crippen LogP contribution in [-0.2, 0) is 25.9 Å². The van der Waals surface area contributed by atoms with Crippen LogP contribution < -0.4 is 3.32 Å². The molecule has 224 valence electrons. The molecule has 0 spiro atoms. The summed E-state index contributed by atoms with van der Waals surface area (Å²) in [4.78, 5) is 0. The second-order valence-electron chi connectivity index (χ2n) is 18.5. The first-order valence-corrected chi connectivity index (χ1v) is 34.8. The van der Waals surface area contributed by atoms with Crippen molar-refractivity contribution in [3.05, 3.63) is 113 Å². The van der Waals surface area contributed by atoms with Crippen LogP contribution in [0.15, 0.2) is 91.0 Å². The third kappa shape index (κ3) is 4.35. The summed E-state index contributed by atoms with van der Waals surface area (Å²) in [5, 5.41) is 0. The van der Waals surface area contributed by atoms with Crippen molar-refractivity contribution in [1.82, 2.24) is 0 Å². The number of rotatable bonds is 8. The number of hydrogen-bond acceptors (Lipinski definition) is 0. The molecule has 1 heteroatoms. The van der Waals surface area contributed by atoms with Crippen LogP contribution in [0.4, 0.5) is 0 Å². The van der Waals surface area contributed by atoms with E-state index in [-0.39, 0.29) is 14.5 Å². The van der Waals surface area contributed by atoms with Gasteiger partial charge in [-0.3, -0.25) is 0 Å². The third-order valence-corrected chi connectivity index (χ3v) is 56.0. The Morgan fingerprint density at radius 1 is 0.667 bits per heavy atom. The first-order valence-electron chi connectivity index (χ1n) is 16.6. The van der Waals surface area contributed by atoms with Crippen LogP contribution in [-0.4, -0.2) is 4.26 Å². The monoisotopic (exact) mass is 728 g/mol. The zero-order valence-corrected chi connectivity index (χ0v) is 31.7. The van der Waals surface area contributed by atoms with E-state index >= 15 is 0 Å². The van der Waals surface area contributed by atoms with Crippen LogP contribution in [0, 0.1) is 0 Å². The van der Waals surface area contributed by atoms with E-state index in [1.54, 1.807) is 0 Å². The normalized spacial score (nSPS) is 18.3. The average Bonchev–Trinajstić information content (AvgIpc) is 3.59. The molecule has 42 heavy (non-hydrogen) atoms. The second kappa shape index (κ2) is 9.20. The van der Waals surface area contributed by atoms with E-state index in [2.05, 4.69) is 149 Å². The van der Waals surface area contributed by atoms with Gasteiger partial charge in [-0.1, -0.05) is 0 Å². The van der Waals surface area contributed by atoms with E-state index in [4.69, 9.17) is 4.26 Å². The zero-order valence-electron chi connectivity index (χ0n) is 28.1. The molecule has 0 atom stereocenters. The van der Waals surface area contributed by atoms with Gasteiger partial charge < -0.3 is 0 Å². The van der Waals surface area contributed by atoms with Gasteiger partial charge in [-0.05, 0) is 0 Å². The third-order valence-electron chi connectivity index (χ3n) is 12.5. The van der Waals surface area contributed by atoms with Crippen LogP contribution in [0.3, 0.4) is 0 Å². The van der Waals surface area contributed by atoms with E-state index in [0.29, 0.717) is 3.67 Å². The standard InChI is InChI=1S/C21H25.C6H5.C6H13.C5H5.2CH3.CH2.Hf/c1-20(2,3)16-7-9-18-14(12-16)11-15-13-17(21(4,5)6)8-10-19(15)18;1-2-4-6-5-3-1;1-3-5-6-4-2;1-2-4-5-3-1;;;;/h7-13H,1-6H3;1-5H;1,3-6H2,2H3;1-5H;2*1H3;1H2;. The summed E-state index contributed by atoms with van der Waals surface area (Å²) < 4.78 is 14.7. The fourth-order valence-electron chi connectivity index (χ4n) is 9.42. The predicted molar refractivity (Wildman–Crippen MR) is 187 cm³/mol. The molecule has 0 unspecified atom stereocenters. The molecule has 0 fully saturated rings. The van der Waals surface area contributed by atoms with Crippen molar-refractivity contribution in [1.29, 1.82) is 0 Å². The molecule has 3 aromatic carbocycles. The summed E-state index contributed by atoms with van der Waals surface area (Å²) in [6.07, 6.45) is 14.7. The van der Waals surface area contributed by atoms with Gasteiger partial charge in [0.2, 0.25) is 0 Å². The van der Waals surface area contributed by atoms with Crippen molar-refractivity contribution in [3.63, 3.8) is 0 Å². The number of fused-ring (bicyclic) bond motifs is 3. The first-order chi connectivity index (χ1) is 19.4. The van der Waals surface area contributed by atoms with E-state index in [0.717, 1.165) is 4.18 Å². The van der Waals surface area contributed by atoms with E-state index in [1.807, 2.05) is 0 Å². The number of hydrogen-bond donors (Lipinski definition) is 0. The maximum atomic E-state index is 5.97. The molecule has 0 saturated heterocycles. The first kappa shape index (κ1) is 31.3. The van der Waals surface area contributed by atoms with Crippen molar-refractivity contribution >= 4 is 7.58 Å². The Bertz CT molecular complexity index is 1630. The molecule has 0 bridgehead atoms. The Kier molecular flexibility index (Phi) is 6.86. The van der Waals surface area contributed by atoms with Crippen LogP contribution in [0.5, 0.6) is 0 Å². The average molecular weight is 727 g/mol. The van der Waals surface area contributed by atoms with Gasteiger partial charge in [-0.15, -0.1) is 0 Å². The van der Waals surface area contributed by atoms with E-state index in [9.17, 15) is 0 Å². The molecule has 5 rings (SSSR count). The van der Waals surface area contributed by atoms with Crippen molar-refractivity contribution in [2.45, 2.75) is 106 Å². The van der Waals surface area contributed by atoms with Gasteiger partial charge in [0.05, 0.1) is 0 Å². The minimum absolute atomic E-state index is 0.0684. The minimum atomic E-state index is -5.68. The Hall–Kier alpha value is -2.12. The van der Waals surface area contributed by atoms with Crippen LogP contribution >= 0.6 is 0 Å². The topological polar surface area (TPSA) is 0 Å². The van der Waals surface area contributed by atoms with Crippen LogP contribution in [0.2, 0.25) is 17.2 Å². The van der Waals surface area contributed by atoms with Gasteiger partial charge in [-0.2, -0.15) is 0 Å². The van der Waals surface area contributed by atoms with Crippen LogP contribution in [0.25, 0.3) is 11.1 Å². The Labute approximate surface area is 251 Å². The van der Waals surface area contributed by atoms with Gasteiger partial charge in [0, 0.05) is 0 Å². The molecular weight excluding hydrogens is 671 g/mol. The van der Waals surface area contributed by atoms with Gasteiger partial charge in [0.1, 0.15) is 0 Å².